The molecule has 13 heavy (non-hydrogen) atoms. The lowest BCUT2D eigenvalue weighted by Crippen LogP contribution is -1.98. The Kier molecular flexibility index (Phi) is 1.80. The number of halogens is 1. The number of benzene rings is 1. The summed E-state index contributed by atoms with van der Waals surface area (Å²) < 4.78 is 5.75. The van der Waals surface area contributed by atoms with Crippen LogP contribution in [0.2, 0.25) is 0 Å². The largest absolute Gasteiger partial charge is 0.457 e. The monoisotopic (exact) mass is 241 g/mol. The average Bonchev–Trinajstić information content (AvgIpc) is 2.45. The van der Waals surface area contributed by atoms with E-state index < -0.39 is 0 Å². The molecule has 1 aromatic carbocycles. The summed E-state index contributed by atoms with van der Waals surface area (Å²) in [5.74, 6) is -0.280. The molecule has 1 aliphatic heterocycles. The standard InChI is InChI=1S/C9H8BrNO2/c1-4-6-3-13-9(12)5(6)2-7(11)8(4)10/h2H,3,11H2,1H3. The highest BCUT2D eigenvalue weighted by atomic mass is 79.9. The molecule has 0 aliphatic carbocycles. The highest BCUT2D eigenvalue weighted by molar-refractivity contribution is 9.10. The number of rotatable bonds is 0. The second-order valence-corrected chi connectivity index (χ2v) is 3.80. The maximum absolute atomic E-state index is 11.2. The van der Waals surface area contributed by atoms with Crippen molar-refractivity contribution in [1.29, 1.82) is 0 Å². The summed E-state index contributed by atoms with van der Waals surface area (Å²) in [4.78, 5) is 11.2. The van der Waals surface area contributed by atoms with Crippen molar-refractivity contribution >= 4 is 27.6 Å². The molecule has 0 spiro atoms. The minimum absolute atomic E-state index is 0.280. The Morgan fingerprint density at radius 2 is 2.31 bits per heavy atom. The van der Waals surface area contributed by atoms with Crippen LogP contribution >= 0.6 is 15.9 Å². The number of nitrogen functional groups attached to an aromatic ring is 1. The number of carbonyl (C=O) groups is 1. The van der Waals surface area contributed by atoms with E-state index in [1.165, 1.54) is 0 Å². The fraction of sp³-hybridized carbons (Fsp3) is 0.222. The Morgan fingerprint density at radius 1 is 1.62 bits per heavy atom. The van der Waals surface area contributed by atoms with Crippen LogP contribution < -0.4 is 5.73 Å². The van der Waals surface area contributed by atoms with E-state index >= 15 is 0 Å². The van der Waals surface area contributed by atoms with Gasteiger partial charge in [0.05, 0.1) is 5.56 Å². The molecule has 68 valence electrons. The molecule has 0 saturated heterocycles. The Morgan fingerprint density at radius 3 is 3.00 bits per heavy atom. The van der Waals surface area contributed by atoms with Gasteiger partial charge in [-0.25, -0.2) is 4.79 Å². The Labute approximate surface area is 84.0 Å². The van der Waals surface area contributed by atoms with Crippen molar-refractivity contribution in [1.82, 2.24) is 0 Å². The summed E-state index contributed by atoms with van der Waals surface area (Å²) in [6.07, 6.45) is 0. The zero-order valence-corrected chi connectivity index (χ0v) is 8.64. The number of hydrogen-bond donors (Lipinski definition) is 1. The topological polar surface area (TPSA) is 52.3 Å². The van der Waals surface area contributed by atoms with Crippen molar-refractivity contribution in [3.8, 4) is 0 Å². The van der Waals surface area contributed by atoms with Crippen molar-refractivity contribution in [3.63, 3.8) is 0 Å². The number of nitrogens with two attached hydrogens (primary N) is 1. The molecule has 3 nitrogen and oxygen atoms in total. The first kappa shape index (κ1) is 8.56. The van der Waals surface area contributed by atoms with Gasteiger partial charge in [-0.15, -0.1) is 0 Å². The Hall–Kier alpha value is -1.03. The summed E-state index contributed by atoms with van der Waals surface area (Å²) in [5, 5.41) is 0. The molecule has 0 saturated carbocycles. The molecule has 0 amide bonds. The van der Waals surface area contributed by atoms with Crippen LogP contribution in [0.5, 0.6) is 0 Å². The zero-order valence-electron chi connectivity index (χ0n) is 7.06. The van der Waals surface area contributed by atoms with Gasteiger partial charge < -0.3 is 10.5 Å². The molecule has 0 bridgehead atoms. The molecule has 2 N–H and O–H groups in total. The van der Waals surface area contributed by atoms with E-state index in [4.69, 9.17) is 10.5 Å². The first-order chi connectivity index (χ1) is 6.11. The number of esters is 1. The highest BCUT2D eigenvalue weighted by Gasteiger charge is 2.24. The number of cyclic esters (lactones) is 1. The van der Waals surface area contributed by atoms with Crippen molar-refractivity contribution in [2.45, 2.75) is 13.5 Å². The summed E-state index contributed by atoms with van der Waals surface area (Å²) in [6.45, 7) is 2.28. The van der Waals surface area contributed by atoms with Crippen LogP contribution in [0.4, 0.5) is 5.69 Å². The summed E-state index contributed by atoms with van der Waals surface area (Å²) in [5.41, 5.74) is 8.80. The van der Waals surface area contributed by atoms with E-state index in [1.807, 2.05) is 6.92 Å². The molecule has 4 heteroatoms. The maximum atomic E-state index is 11.2. The Bertz CT molecular complexity index is 401. The number of ether oxygens (including phenoxy) is 1. The quantitative estimate of drug-likeness (QED) is 0.559. The molecule has 0 fully saturated rings. The summed E-state index contributed by atoms with van der Waals surface area (Å²) in [7, 11) is 0. The lowest BCUT2D eigenvalue weighted by atomic mass is 10.0. The van der Waals surface area contributed by atoms with Crippen molar-refractivity contribution in [3.05, 3.63) is 27.2 Å². The third kappa shape index (κ3) is 1.13. The van der Waals surface area contributed by atoms with Gasteiger partial charge in [-0.1, -0.05) is 0 Å². The van der Waals surface area contributed by atoms with E-state index in [-0.39, 0.29) is 5.97 Å². The third-order valence-corrected chi connectivity index (χ3v) is 3.28. The first-order valence-electron chi connectivity index (χ1n) is 3.86. The van der Waals surface area contributed by atoms with E-state index in [1.54, 1.807) is 6.07 Å². The Balaban J connectivity index is 2.74. The molecular weight excluding hydrogens is 234 g/mol. The fourth-order valence-electron chi connectivity index (χ4n) is 1.44. The van der Waals surface area contributed by atoms with Gasteiger partial charge in [-0.05, 0) is 34.5 Å². The minimum atomic E-state index is -0.280. The SMILES string of the molecule is Cc1c(Br)c(N)cc2c1COC2=O. The van der Waals surface area contributed by atoms with Crippen LogP contribution in [0.15, 0.2) is 10.5 Å². The number of fused-ring (bicyclic) bond motifs is 1. The van der Waals surface area contributed by atoms with Gasteiger partial charge in [0.25, 0.3) is 0 Å². The van der Waals surface area contributed by atoms with Crippen molar-refractivity contribution in [2.75, 3.05) is 5.73 Å². The fourth-order valence-corrected chi connectivity index (χ4v) is 1.79. The van der Waals surface area contributed by atoms with Crippen LogP contribution in [0, 0.1) is 6.92 Å². The van der Waals surface area contributed by atoms with E-state index in [9.17, 15) is 4.79 Å². The summed E-state index contributed by atoms with van der Waals surface area (Å²) >= 11 is 3.36. The molecule has 2 rings (SSSR count). The molecular formula is C9H8BrNO2. The molecule has 1 heterocycles. The smallest absolute Gasteiger partial charge is 0.338 e. The van der Waals surface area contributed by atoms with Gasteiger partial charge in [0.15, 0.2) is 0 Å². The number of anilines is 1. The van der Waals surface area contributed by atoms with Crippen LogP contribution in [0.25, 0.3) is 0 Å². The lowest BCUT2D eigenvalue weighted by molar-refractivity contribution is 0.0535. The van der Waals surface area contributed by atoms with Gasteiger partial charge in [0.2, 0.25) is 0 Å². The van der Waals surface area contributed by atoms with Crippen LogP contribution in [-0.2, 0) is 11.3 Å². The predicted molar refractivity (Wildman–Crippen MR) is 52.4 cm³/mol. The first-order valence-corrected chi connectivity index (χ1v) is 4.65. The number of hydrogen-bond acceptors (Lipinski definition) is 3. The van der Waals surface area contributed by atoms with Gasteiger partial charge in [0, 0.05) is 15.7 Å². The zero-order chi connectivity index (χ0) is 9.59. The third-order valence-electron chi connectivity index (χ3n) is 2.23. The van der Waals surface area contributed by atoms with E-state index in [0.29, 0.717) is 17.9 Å². The highest BCUT2D eigenvalue weighted by Crippen LogP contribution is 2.33. The molecule has 1 aliphatic rings. The van der Waals surface area contributed by atoms with Gasteiger partial charge >= 0.3 is 5.97 Å². The summed E-state index contributed by atoms with van der Waals surface area (Å²) in [6, 6.07) is 1.65. The normalized spacial score (nSPS) is 14.2. The van der Waals surface area contributed by atoms with Gasteiger partial charge in [-0.3, -0.25) is 0 Å². The maximum Gasteiger partial charge on any atom is 0.338 e. The number of carbonyl (C=O) groups excluding carboxylic acids is 1. The van der Waals surface area contributed by atoms with Crippen molar-refractivity contribution < 1.29 is 9.53 Å². The average molecular weight is 242 g/mol. The lowest BCUT2D eigenvalue weighted by Gasteiger charge is -2.05. The molecule has 1 aromatic rings. The predicted octanol–water partition coefficient (Wildman–Crippen LogP) is 2.01. The molecule has 0 radical (unpaired) electrons. The second-order valence-electron chi connectivity index (χ2n) is 3.01. The van der Waals surface area contributed by atoms with E-state index in [2.05, 4.69) is 15.9 Å². The van der Waals surface area contributed by atoms with Crippen LogP contribution in [0.3, 0.4) is 0 Å². The minimum Gasteiger partial charge on any atom is -0.457 e. The van der Waals surface area contributed by atoms with Gasteiger partial charge in [-0.2, -0.15) is 0 Å². The van der Waals surface area contributed by atoms with Crippen LogP contribution in [-0.4, -0.2) is 5.97 Å². The van der Waals surface area contributed by atoms with Gasteiger partial charge in [0.1, 0.15) is 6.61 Å². The van der Waals surface area contributed by atoms with Crippen molar-refractivity contribution in [2.24, 2.45) is 0 Å². The molecule has 0 unspecified atom stereocenters. The molecule has 0 aromatic heterocycles. The van der Waals surface area contributed by atoms with Crippen LogP contribution in [0.1, 0.15) is 21.5 Å². The second kappa shape index (κ2) is 2.73. The van der Waals surface area contributed by atoms with E-state index in [0.717, 1.165) is 15.6 Å². The molecule has 0 atom stereocenters.